The summed E-state index contributed by atoms with van der Waals surface area (Å²) in [6.07, 6.45) is 4.86. The lowest BCUT2D eigenvalue weighted by atomic mass is 9.88. The highest BCUT2D eigenvalue weighted by atomic mass is 35.5. The number of carbonyl (C=O) groups excluding carboxylic acids is 2. The van der Waals surface area contributed by atoms with Gasteiger partial charge in [-0.2, -0.15) is 0 Å². The SMILES string of the molecule is CCOC(=O)CN[C@@H]1CCc2cc(-c3cccc(-c4cccc(-c5cnc(CN6CC7(CCC(=O)N7)C6)c(OC)n5)c4Cl)c3Cl)cc(OC)c21. The van der Waals surface area contributed by atoms with E-state index >= 15 is 0 Å². The smallest absolute Gasteiger partial charge is 0.319 e. The van der Waals surface area contributed by atoms with E-state index in [0.29, 0.717) is 46.8 Å². The van der Waals surface area contributed by atoms with Crippen molar-refractivity contribution in [1.29, 1.82) is 0 Å². The molecule has 1 aromatic heterocycles. The molecule has 1 spiro atoms. The lowest BCUT2D eigenvalue weighted by Gasteiger charge is -2.47. The molecule has 0 bridgehead atoms. The summed E-state index contributed by atoms with van der Waals surface area (Å²) in [7, 11) is 3.24. The number of nitrogens with zero attached hydrogens (tertiary/aromatic N) is 3. The van der Waals surface area contributed by atoms with Crippen LogP contribution in [0.4, 0.5) is 0 Å². The first-order valence-corrected chi connectivity index (χ1v) is 17.6. The number of carbonyl (C=O) groups is 2. The molecule has 2 N–H and O–H groups in total. The van der Waals surface area contributed by atoms with Crippen LogP contribution in [0, 0.1) is 0 Å². The van der Waals surface area contributed by atoms with E-state index in [-0.39, 0.29) is 30.0 Å². The normalized spacial score (nSPS) is 17.7. The molecule has 3 aliphatic rings. The zero-order chi connectivity index (χ0) is 35.0. The number of halogens is 2. The molecule has 2 fully saturated rings. The van der Waals surface area contributed by atoms with Crippen LogP contribution in [-0.2, 0) is 27.3 Å². The third kappa shape index (κ3) is 6.53. The summed E-state index contributed by atoms with van der Waals surface area (Å²) in [6.45, 7) is 4.43. The number of aryl methyl sites for hydroxylation is 1. The Kier molecular flexibility index (Phi) is 9.72. The Balaban J connectivity index is 1.14. The molecule has 2 saturated heterocycles. The Morgan fingerprint density at radius 2 is 1.74 bits per heavy atom. The van der Waals surface area contributed by atoms with Crippen molar-refractivity contribution < 1.29 is 23.8 Å². The number of benzene rings is 3. The molecular formula is C38H39Cl2N5O5. The fourth-order valence-electron chi connectivity index (χ4n) is 7.52. The van der Waals surface area contributed by atoms with E-state index in [1.807, 2.05) is 42.5 Å². The molecule has 0 unspecified atom stereocenters. The van der Waals surface area contributed by atoms with Crippen LogP contribution in [0.15, 0.2) is 54.7 Å². The second kappa shape index (κ2) is 14.2. The van der Waals surface area contributed by atoms with Crippen molar-refractivity contribution >= 4 is 35.1 Å². The zero-order valence-electron chi connectivity index (χ0n) is 28.3. The average molecular weight is 717 g/mol. The maximum atomic E-state index is 12.0. The molecule has 2 aliphatic heterocycles. The Bertz CT molecular complexity index is 1960. The number of likely N-dealkylation sites (tertiary alicyclic amines) is 1. The van der Waals surface area contributed by atoms with E-state index in [9.17, 15) is 9.59 Å². The number of esters is 1. The number of aromatic nitrogens is 2. The van der Waals surface area contributed by atoms with E-state index in [2.05, 4.69) is 21.6 Å². The molecule has 3 heterocycles. The summed E-state index contributed by atoms with van der Waals surface area (Å²) in [6, 6.07) is 15.8. The van der Waals surface area contributed by atoms with Gasteiger partial charge in [-0.15, -0.1) is 0 Å². The van der Waals surface area contributed by atoms with Crippen LogP contribution in [0.2, 0.25) is 10.0 Å². The maximum absolute atomic E-state index is 12.0. The second-order valence-electron chi connectivity index (χ2n) is 13.0. The molecule has 7 rings (SSSR count). The first-order valence-electron chi connectivity index (χ1n) is 16.8. The molecule has 50 heavy (non-hydrogen) atoms. The monoisotopic (exact) mass is 715 g/mol. The summed E-state index contributed by atoms with van der Waals surface area (Å²) in [5.74, 6) is 1.03. The number of fused-ring (bicyclic) bond motifs is 1. The molecule has 0 saturated carbocycles. The number of amides is 1. The lowest BCUT2D eigenvalue weighted by Crippen LogP contribution is -2.66. The number of methoxy groups -OCH3 is 2. The molecule has 12 heteroatoms. The third-order valence-corrected chi connectivity index (χ3v) is 10.7. The summed E-state index contributed by atoms with van der Waals surface area (Å²) in [5, 5.41) is 7.51. The van der Waals surface area contributed by atoms with Crippen molar-refractivity contribution in [2.45, 2.75) is 50.7 Å². The standard InChI is InChI=1S/C38H39Cl2N5O5/c1-4-50-33(47)18-42-28-12-11-22-15-23(16-31(48-2)34(22)28)24-7-5-8-25(35(24)39)26-9-6-10-27(36(26)40)29-17-41-30(37(43-29)49-3)19-45-20-38(21-45)14-13-32(46)44-38/h5-10,15-17,28,42H,4,11-14,18-21H2,1-3H3,(H,44,46)/t28-/m1/s1. The minimum atomic E-state index is -0.275. The fourth-order valence-corrected chi connectivity index (χ4v) is 8.18. The van der Waals surface area contributed by atoms with Crippen LogP contribution in [0.1, 0.15) is 49.0 Å². The van der Waals surface area contributed by atoms with Crippen molar-refractivity contribution in [3.05, 3.63) is 81.6 Å². The van der Waals surface area contributed by atoms with Crippen molar-refractivity contribution in [2.24, 2.45) is 0 Å². The summed E-state index contributed by atoms with van der Waals surface area (Å²) in [4.78, 5) is 35.5. The van der Waals surface area contributed by atoms with Crippen LogP contribution < -0.4 is 20.1 Å². The number of hydrogen-bond acceptors (Lipinski definition) is 9. The highest BCUT2D eigenvalue weighted by Gasteiger charge is 2.47. The fraction of sp³-hybridized carbons (Fsp3) is 0.368. The van der Waals surface area contributed by atoms with Crippen LogP contribution >= 0.6 is 23.2 Å². The number of rotatable bonds is 11. The summed E-state index contributed by atoms with van der Waals surface area (Å²) >= 11 is 14.3. The van der Waals surface area contributed by atoms with Gasteiger partial charge in [0.05, 0.1) is 54.8 Å². The Morgan fingerprint density at radius 1 is 1.02 bits per heavy atom. The van der Waals surface area contributed by atoms with Gasteiger partial charge in [-0.05, 0) is 43.4 Å². The van der Waals surface area contributed by atoms with E-state index < -0.39 is 0 Å². The molecule has 0 radical (unpaired) electrons. The maximum Gasteiger partial charge on any atom is 0.319 e. The van der Waals surface area contributed by atoms with Gasteiger partial charge in [0.2, 0.25) is 11.8 Å². The van der Waals surface area contributed by atoms with Gasteiger partial charge in [-0.3, -0.25) is 24.8 Å². The lowest BCUT2D eigenvalue weighted by molar-refractivity contribution is -0.142. The van der Waals surface area contributed by atoms with Crippen molar-refractivity contribution in [1.82, 2.24) is 25.5 Å². The van der Waals surface area contributed by atoms with Gasteiger partial charge in [0.1, 0.15) is 11.4 Å². The summed E-state index contributed by atoms with van der Waals surface area (Å²) < 4.78 is 16.6. The van der Waals surface area contributed by atoms with Crippen LogP contribution in [0.3, 0.4) is 0 Å². The largest absolute Gasteiger partial charge is 0.496 e. The van der Waals surface area contributed by atoms with Crippen LogP contribution in [-0.4, -0.2) is 72.7 Å². The van der Waals surface area contributed by atoms with Gasteiger partial charge in [0, 0.05) is 59.9 Å². The average Bonchev–Trinajstić information content (AvgIpc) is 3.71. The number of ether oxygens (including phenoxy) is 3. The highest BCUT2D eigenvalue weighted by Crippen LogP contribution is 2.46. The summed E-state index contributed by atoms with van der Waals surface area (Å²) in [5.41, 5.74) is 7.45. The zero-order valence-corrected chi connectivity index (χ0v) is 29.8. The molecule has 260 valence electrons. The number of nitrogens with one attached hydrogen (secondary N) is 2. The van der Waals surface area contributed by atoms with E-state index in [0.717, 1.165) is 77.2 Å². The van der Waals surface area contributed by atoms with Gasteiger partial charge in [0.15, 0.2) is 0 Å². The van der Waals surface area contributed by atoms with E-state index in [1.54, 1.807) is 27.3 Å². The van der Waals surface area contributed by atoms with Crippen molar-refractivity contribution in [2.75, 3.05) is 40.5 Å². The third-order valence-electron chi connectivity index (χ3n) is 9.84. The quantitative estimate of drug-likeness (QED) is 0.170. The first kappa shape index (κ1) is 34.2. The Labute approximate surface area is 301 Å². The highest BCUT2D eigenvalue weighted by molar-refractivity contribution is 6.39. The molecule has 10 nitrogen and oxygen atoms in total. The minimum absolute atomic E-state index is 0.0125. The van der Waals surface area contributed by atoms with E-state index in [1.165, 1.54) is 0 Å². The van der Waals surface area contributed by atoms with Crippen LogP contribution in [0.25, 0.3) is 33.5 Å². The Hall–Kier alpha value is -4.22. The first-order chi connectivity index (χ1) is 24.2. The molecule has 3 aromatic carbocycles. The van der Waals surface area contributed by atoms with Gasteiger partial charge in [0.25, 0.3) is 0 Å². The Morgan fingerprint density at radius 3 is 2.42 bits per heavy atom. The predicted octanol–water partition coefficient (Wildman–Crippen LogP) is 6.41. The van der Waals surface area contributed by atoms with Crippen molar-refractivity contribution in [3.8, 4) is 45.1 Å². The molecule has 1 atom stereocenters. The van der Waals surface area contributed by atoms with Crippen molar-refractivity contribution in [3.63, 3.8) is 0 Å². The molecule has 1 aliphatic carbocycles. The topological polar surface area (TPSA) is 115 Å². The predicted molar refractivity (Wildman–Crippen MR) is 193 cm³/mol. The molecule has 1 amide bonds. The minimum Gasteiger partial charge on any atom is -0.496 e. The second-order valence-corrected chi connectivity index (χ2v) is 13.8. The van der Waals surface area contributed by atoms with Gasteiger partial charge >= 0.3 is 5.97 Å². The van der Waals surface area contributed by atoms with Gasteiger partial charge in [-0.1, -0.05) is 65.7 Å². The molecular weight excluding hydrogens is 677 g/mol. The van der Waals surface area contributed by atoms with Gasteiger partial charge < -0.3 is 19.5 Å². The molecule has 4 aromatic rings. The van der Waals surface area contributed by atoms with E-state index in [4.69, 9.17) is 47.4 Å². The van der Waals surface area contributed by atoms with Crippen LogP contribution in [0.5, 0.6) is 11.6 Å². The number of hydrogen-bond donors (Lipinski definition) is 2. The van der Waals surface area contributed by atoms with Gasteiger partial charge in [-0.25, -0.2) is 4.98 Å².